The molecule has 0 unspecified atom stereocenters. The molecule has 0 radical (unpaired) electrons. The number of nitrogens with one attached hydrogen (secondary N) is 2. The van der Waals surface area contributed by atoms with Crippen LogP contribution < -0.4 is 10.1 Å². The van der Waals surface area contributed by atoms with E-state index in [-0.39, 0.29) is 11.9 Å². The van der Waals surface area contributed by atoms with Crippen LogP contribution in [0, 0.1) is 5.92 Å². The molecule has 2 aromatic heterocycles. The number of hydrogen-bond acceptors (Lipinski definition) is 7. The van der Waals surface area contributed by atoms with Crippen molar-refractivity contribution in [2.24, 2.45) is 5.92 Å². The highest BCUT2D eigenvalue weighted by Gasteiger charge is 2.23. The molecule has 1 aromatic carbocycles. The molecule has 148 valence electrons. The third-order valence-corrected chi connectivity index (χ3v) is 4.21. The number of amides is 1. The van der Waals surface area contributed by atoms with Gasteiger partial charge >= 0.3 is 0 Å². The number of aryl methyl sites for hydroxylation is 1. The SMILES string of the molecule is COc1ccc(CCC(=O)N[C@H](CC(C)C)c2nc(-c3ncn[nH]3)no2)cc1. The molecule has 0 spiro atoms. The van der Waals surface area contributed by atoms with Crippen LogP contribution in [0.1, 0.15) is 44.2 Å². The van der Waals surface area contributed by atoms with Gasteiger partial charge in [-0.2, -0.15) is 10.1 Å². The number of aromatic nitrogens is 5. The first kappa shape index (κ1) is 19.5. The van der Waals surface area contributed by atoms with Crippen LogP contribution in [0.15, 0.2) is 35.1 Å². The summed E-state index contributed by atoms with van der Waals surface area (Å²) in [6.07, 6.45) is 3.06. The highest BCUT2D eigenvalue weighted by molar-refractivity contribution is 5.76. The molecule has 3 aromatic rings. The Morgan fingerprint density at radius 2 is 2.07 bits per heavy atom. The van der Waals surface area contributed by atoms with E-state index in [0.29, 0.717) is 42.7 Å². The van der Waals surface area contributed by atoms with Gasteiger partial charge in [-0.1, -0.05) is 31.1 Å². The highest BCUT2D eigenvalue weighted by atomic mass is 16.5. The number of H-pyrrole nitrogens is 1. The summed E-state index contributed by atoms with van der Waals surface area (Å²) < 4.78 is 10.5. The lowest BCUT2D eigenvalue weighted by Gasteiger charge is -2.17. The van der Waals surface area contributed by atoms with Crippen LogP contribution in [0.2, 0.25) is 0 Å². The summed E-state index contributed by atoms with van der Waals surface area (Å²) in [7, 11) is 1.63. The number of nitrogens with zero attached hydrogens (tertiary/aromatic N) is 4. The van der Waals surface area contributed by atoms with Gasteiger partial charge in [0.15, 0.2) is 5.82 Å². The molecular weight excluding hydrogens is 360 g/mol. The zero-order chi connectivity index (χ0) is 19.9. The Kier molecular flexibility index (Phi) is 6.36. The monoisotopic (exact) mass is 384 g/mol. The number of carbonyl (C=O) groups excluding carboxylic acids is 1. The van der Waals surface area contributed by atoms with E-state index in [1.165, 1.54) is 6.33 Å². The fourth-order valence-corrected chi connectivity index (χ4v) is 2.80. The zero-order valence-electron chi connectivity index (χ0n) is 16.2. The van der Waals surface area contributed by atoms with Gasteiger partial charge in [-0.25, -0.2) is 4.98 Å². The fraction of sp³-hybridized carbons (Fsp3) is 0.421. The van der Waals surface area contributed by atoms with Gasteiger partial charge in [0.05, 0.1) is 7.11 Å². The van der Waals surface area contributed by atoms with Crippen molar-refractivity contribution in [2.45, 2.75) is 39.2 Å². The van der Waals surface area contributed by atoms with E-state index in [9.17, 15) is 4.79 Å². The first-order valence-corrected chi connectivity index (χ1v) is 9.16. The van der Waals surface area contributed by atoms with Crippen LogP contribution in [0.25, 0.3) is 11.6 Å². The standard InChI is InChI=1S/C19H24N6O3/c1-12(2)10-15(19-23-18(25-28-19)17-20-11-21-24-17)22-16(26)9-6-13-4-7-14(27-3)8-5-13/h4-5,7-8,11-12,15H,6,9-10H2,1-3H3,(H,22,26)(H,20,21,24)/t15-/m1/s1. The summed E-state index contributed by atoms with van der Waals surface area (Å²) in [5.41, 5.74) is 1.07. The Hall–Kier alpha value is -3.23. The minimum Gasteiger partial charge on any atom is -0.497 e. The molecule has 3 rings (SSSR count). The lowest BCUT2D eigenvalue weighted by molar-refractivity contribution is -0.122. The van der Waals surface area contributed by atoms with Crippen molar-refractivity contribution in [1.82, 2.24) is 30.6 Å². The molecule has 9 heteroatoms. The van der Waals surface area contributed by atoms with Gasteiger partial charge in [-0.15, -0.1) is 0 Å². The Balaban J connectivity index is 1.62. The molecular formula is C19H24N6O3. The second kappa shape index (κ2) is 9.12. The van der Waals surface area contributed by atoms with Gasteiger partial charge in [-0.05, 0) is 36.5 Å². The molecule has 28 heavy (non-hydrogen) atoms. The lowest BCUT2D eigenvalue weighted by atomic mass is 10.0. The largest absolute Gasteiger partial charge is 0.497 e. The molecule has 1 atom stereocenters. The van der Waals surface area contributed by atoms with Gasteiger partial charge in [0.25, 0.3) is 0 Å². The van der Waals surface area contributed by atoms with Crippen LogP contribution in [0.4, 0.5) is 0 Å². The average molecular weight is 384 g/mol. The molecule has 2 N–H and O–H groups in total. The number of ether oxygens (including phenoxy) is 1. The molecule has 0 aliphatic carbocycles. The van der Waals surface area contributed by atoms with E-state index in [2.05, 4.69) is 44.5 Å². The maximum absolute atomic E-state index is 12.5. The lowest BCUT2D eigenvalue weighted by Crippen LogP contribution is -2.30. The highest BCUT2D eigenvalue weighted by Crippen LogP contribution is 2.22. The van der Waals surface area contributed by atoms with Crippen LogP contribution >= 0.6 is 0 Å². The zero-order valence-corrected chi connectivity index (χ0v) is 16.2. The Bertz CT molecular complexity index is 873. The second-order valence-corrected chi connectivity index (χ2v) is 6.89. The number of methoxy groups -OCH3 is 1. The molecule has 0 aliphatic rings. The van der Waals surface area contributed by atoms with Crippen molar-refractivity contribution in [3.63, 3.8) is 0 Å². The van der Waals surface area contributed by atoms with E-state index in [1.54, 1.807) is 7.11 Å². The quantitative estimate of drug-likeness (QED) is 0.582. The summed E-state index contributed by atoms with van der Waals surface area (Å²) in [6, 6.07) is 7.34. The van der Waals surface area contributed by atoms with Gasteiger partial charge in [0.2, 0.25) is 17.6 Å². The van der Waals surface area contributed by atoms with Crippen LogP contribution in [0.5, 0.6) is 5.75 Å². The normalized spacial score (nSPS) is 12.1. The third kappa shape index (κ3) is 5.15. The van der Waals surface area contributed by atoms with Crippen molar-refractivity contribution in [2.75, 3.05) is 7.11 Å². The predicted molar refractivity (Wildman–Crippen MR) is 101 cm³/mol. The van der Waals surface area contributed by atoms with Crippen LogP contribution in [-0.2, 0) is 11.2 Å². The van der Waals surface area contributed by atoms with Crippen molar-refractivity contribution in [1.29, 1.82) is 0 Å². The van der Waals surface area contributed by atoms with Gasteiger partial charge in [0, 0.05) is 6.42 Å². The van der Waals surface area contributed by atoms with E-state index in [1.807, 2.05) is 24.3 Å². The molecule has 0 saturated heterocycles. The Morgan fingerprint density at radius 1 is 1.29 bits per heavy atom. The van der Waals surface area contributed by atoms with Crippen molar-refractivity contribution in [3.05, 3.63) is 42.0 Å². The Labute approximate surface area is 162 Å². The minimum atomic E-state index is -0.354. The third-order valence-electron chi connectivity index (χ3n) is 4.21. The number of carbonyl (C=O) groups is 1. The maximum Gasteiger partial charge on any atom is 0.249 e. The van der Waals surface area contributed by atoms with Crippen LogP contribution in [-0.4, -0.2) is 38.3 Å². The van der Waals surface area contributed by atoms with Gasteiger partial charge in [-0.3, -0.25) is 9.89 Å². The van der Waals surface area contributed by atoms with Gasteiger partial charge in [0.1, 0.15) is 18.1 Å². The molecule has 0 fully saturated rings. The first-order chi connectivity index (χ1) is 13.5. The average Bonchev–Trinajstić information content (AvgIpc) is 3.37. The molecule has 0 saturated carbocycles. The van der Waals surface area contributed by atoms with E-state index >= 15 is 0 Å². The molecule has 0 bridgehead atoms. The molecule has 0 aliphatic heterocycles. The molecule has 1 amide bonds. The van der Waals surface area contributed by atoms with Gasteiger partial charge < -0.3 is 14.6 Å². The summed E-state index contributed by atoms with van der Waals surface area (Å²) in [5, 5.41) is 13.4. The maximum atomic E-state index is 12.5. The minimum absolute atomic E-state index is 0.0686. The summed E-state index contributed by atoms with van der Waals surface area (Å²) in [6.45, 7) is 4.15. The number of benzene rings is 1. The second-order valence-electron chi connectivity index (χ2n) is 6.89. The van der Waals surface area contributed by atoms with Crippen molar-refractivity contribution >= 4 is 5.91 Å². The molecule has 2 heterocycles. The fourth-order valence-electron chi connectivity index (χ4n) is 2.80. The topological polar surface area (TPSA) is 119 Å². The van der Waals surface area contributed by atoms with E-state index < -0.39 is 0 Å². The Morgan fingerprint density at radius 3 is 2.71 bits per heavy atom. The number of rotatable bonds is 9. The predicted octanol–water partition coefficient (Wildman–Crippen LogP) is 2.70. The summed E-state index contributed by atoms with van der Waals surface area (Å²) in [4.78, 5) is 20.9. The number of hydrogen-bond donors (Lipinski definition) is 2. The van der Waals surface area contributed by atoms with Crippen molar-refractivity contribution in [3.8, 4) is 17.4 Å². The summed E-state index contributed by atoms with van der Waals surface area (Å²) in [5.74, 6) is 2.16. The molecule has 9 nitrogen and oxygen atoms in total. The van der Waals surface area contributed by atoms with Crippen molar-refractivity contribution < 1.29 is 14.1 Å². The number of aromatic amines is 1. The van der Waals surface area contributed by atoms with E-state index in [0.717, 1.165) is 11.3 Å². The first-order valence-electron chi connectivity index (χ1n) is 9.16. The van der Waals surface area contributed by atoms with E-state index in [4.69, 9.17) is 9.26 Å². The smallest absolute Gasteiger partial charge is 0.249 e. The van der Waals surface area contributed by atoms with Crippen LogP contribution in [0.3, 0.4) is 0 Å². The summed E-state index contributed by atoms with van der Waals surface area (Å²) >= 11 is 0.